The number of amides is 2. The number of rotatable bonds is 4. The first kappa shape index (κ1) is 13.7. The highest BCUT2D eigenvalue weighted by Gasteiger charge is 2.32. The summed E-state index contributed by atoms with van der Waals surface area (Å²) in [6.45, 7) is 2.41. The van der Waals surface area contributed by atoms with E-state index in [0.29, 0.717) is 13.0 Å². The Labute approximate surface area is 112 Å². The number of imide groups is 1. The molecule has 0 spiro atoms. The Hall–Kier alpha value is -1.72. The zero-order chi connectivity index (χ0) is 13.8. The first-order valence-corrected chi connectivity index (χ1v) is 6.42. The van der Waals surface area contributed by atoms with Crippen molar-refractivity contribution >= 4 is 11.8 Å². The number of aliphatic hydroxyl groups excluding tert-OH is 1. The van der Waals surface area contributed by atoms with E-state index < -0.39 is 0 Å². The van der Waals surface area contributed by atoms with E-state index in [1.807, 2.05) is 19.1 Å². The van der Waals surface area contributed by atoms with E-state index in [9.17, 15) is 9.59 Å². The molecule has 1 aromatic carbocycles. The molecule has 19 heavy (non-hydrogen) atoms. The van der Waals surface area contributed by atoms with Crippen molar-refractivity contribution < 1.29 is 14.7 Å². The van der Waals surface area contributed by atoms with Gasteiger partial charge in [0.25, 0.3) is 0 Å². The molecule has 0 radical (unpaired) electrons. The van der Waals surface area contributed by atoms with Crippen molar-refractivity contribution in [2.24, 2.45) is 0 Å². The van der Waals surface area contributed by atoms with Crippen LogP contribution in [0.15, 0.2) is 24.3 Å². The van der Waals surface area contributed by atoms with E-state index in [1.54, 1.807) is 12.1 Å². The predicted octanol–water partition coefficient (Wildman–Crippen LogP) is 0.416. The van der Waals surface area contributed by atoms with Gasteiger partial charge < -0.3 is 5.11 Å². The fourth-order valence-corrected chi connectivity index (χ4v) is 2.12. The van der Waals surface area contributed by atoms with E-state index in [0.717, 1.165) is 11.1 Å². The number of carbonyl (C=O) groups excluding carboxylic acids is 2. The molecule has 0 saturated carbocycles. The Kier molecular flexibility index (Phi) is 4.29. The summed E-state index contributed by atoms with van der Waals surface area (Å²) >= 11 is 0. The average molecular weight is 262 g/mol. The molecule has 5 nitrogen and oxygen atoms in total. The Bertz CT molecular complexity index is 470. The van der Waals surface area contributed by atoms with E-state index >= 15 is 0 Å². The van der Waals surface area contributed by atoms with Gasteiger partial charge in [-0.05, 0) is 17.5 Å². The summed E-state index contributed by atoms with van der Waals surface area (Å²) in [5.41, 5.74) is 1.70. The molecule has 1 heterocycles. The van der Waals surface area contributed by atoms with Crippen LogP contribution in [0.2, 0.25) is 0 Å². The van der Waals surface area contributed by atoms with Crippen LogP contribution in [-0.2, 0) is 22.7 Å². The molecule has 5 heteroatoms. The predicted molar refractivity (Wildman–Crippen MR) is 70.0 cm³/mol. The first-order valence-electron chi connectivity index (χ1n) is 6.42. The molecule has 1 atom stereocenters. The fourth-order valence-electron chi connectivity index (χ4n) is 2.12. The van der Waals surface area contributed by atoms with Crippen molar-refractivity contribution in [3.05, 3.63) is 35.4 Å². The summed E-state index contributed by atoms with van der Waals surface area (Å²) < 4.78 is 0. The zero-order valence-electron chi connectivity index (χ0n) is 10.9. The summed E-state index contributed by atoms with van der Waals surface area (Å²) in [6, 6.07) is 6.98. The Morgan fingerprint density at radius 3 is 2.47 bits per heavy atom. The van der Waals surface area contributed by atoms with Gasteiger partial charge in [0.2, 0.25) is 11.8 Å². The van der Waals surface area contributed by atoms with Gasteiger partial charge in [0.1, 0.15) is 0 Å². The summed E-state index contributed by atoms with van der Waals surface area (Å²) in [5, 5.41) is 11.9. The highest BCUT2D eigenvalue weighted by molar-refractivity contribution is 6.01. The zero-order valence-corrected chi connectivity index (χ0v) is 10.9. The fraction of sp³-hybridized carbons (Fsp3) is 0.429. The van der Waals surface area contributed by atoms with Crippen molar-refractivity contribution in [1.29, 1.82) is 0 Å². The normalized spacial score (nSPS) is 19.9. The third-order valence-electron chi connectivity index (χ3n) is 3.32. The topological polar surface area (TPSA) is 69.6 Å². The molecule has 0 bridgehead atoms. The lowest BCUT2D eigenvalue weighted by Crippen LogP contribution is -2.57. The first-order chi connectivity index (χ1) is 9.15. The van der Waals surface area contributed by atoms with Crippen LogP contribution < -0.4 is 5.32 Å². The lowest BCUT2D eigenvalue weighted by Gasteiger charge is -2.31. The number of nitrogens with one attached hydrogen (secondary N) is 1. The molecule has 1 aliphatic heterocycles. The van der Waals surface area contributed by atoms with Gasteiger partial charge in [0.05, 0.1) is 25.7 Å². The maximum Gasteiger partial charge on any atom is 0.246 e. The third kappa shape index (κ3) is 3.00. The minimum absolute atomic E-state index is 0.0102. The lowest BCUT2D eigenvalue weighted by atomic mass is 10.1. The monoisotopic (exact) mass is 262 g/mol. The van der Waals surface area contributed by atoms with Crippen molar-refractivity contribution in [2.45, 2.75) is 32.5 Å². The molecule has 2 N–H and O–H groups in total. The van der Waals surface area contributed by atoms with Crippen molar-refractivity contribution in [3.8, 4) is 0 Å². The Morgan fingerprint density at radius 1 is 1.26 bits per heavy atom. The standard InChI is InChI=1S/C14H18N2O3/c1-2-12-14(19)16(13(18)7-15-12)8-10-3-5-11(9-17)6-4-10/h3-6,12,15,17H,2,7-9H2,1H3. The molecule has 1 unspecified atom stereocenters. The van der Waals surface area contributed by atoms with Gasteiger partial charge >= 0.3 is 0 Å². The second kappa shape index (κ2) is 5.95. The maximum absolute atomic E-state index is 12.1. The van der Waals surface area contributed by atoms with Crippen LogP contribution in [0.1, 0.15) is 24.5 Å². The lowest BCUT2D eigenvalue weighted by molar-refractivity contribution is -0.150. The van der Waals surface area contributed by atoms with E-state index in [-0.39, 0.29) is 31.0 Å². The summed E-state index contributed by atoms with van der Waals surface area (Å²) in [7, 11) is 0. The van der Waals surface area contributed by atoms with Gasteiger partial charge in [-0.3, -0.25) is 19.8 Å². The van der Waals surface area contributed by atoms with Crippen LogP contribution in [0.25, 0.3) is 0 Å². The smallest absolute Gasteiger partial charge is 0.246 e. The van der Waals surface area contributed by atoms with Gasteiger partial charge in [-0.1, -0.05) is 31.2 Å². The third-order valence-corrected chi connectivity index (χ3v) is 3.32. The number of piperazine rings is 1. The van der Waals surface area contributed by atoms with Crippen LogP contribution in [0.5, 0.6) is 0 Å². The number of nitrogens with zero attached hydrogens (tertiary/aromatic N) is 1. The highest BCUT2D eigenvalue weighted by Crippen LogP contribution is 2.12. The molecule has 1 aromatic rings. The molecule has 2 amide bonds. The molecule has 0 aliphatic carbocycles. The van der Waals surface area contributed by atoms with E-state index in [2.05, 4.69) is 5.32 Å². The highest BCUT2D eigenvalue weighted by atomic mass is 16.3. The summed E-state index contributed by atoms with van der Waals surface area (Å²) in [6.07, 6.45) is 0.673. The molecule has 2 rings (SSSR count). The number of hydrogen-bond donors (Lipinski definition) is 2. The Morgan fingerprint density at radius 2 is 1.89 bits per heavy atom. The van der Waals surface area contributed by atoms with Gasteiger partial charge in [-0.25, -0.2) is 0 Å². The number of hydrogen-bond acceptors (Lipinski definition) is 4. The maximum atomic E-state index is 12.1. The van der Waals surface area contributed by atoms with Crippen LogP contribution in [0, 0.1) is 0 Å². The minimum atomic E-state index is -0.269. The number of aliphatic hydroxyl groups is 1. The van der Waals surface area contributed by atoms with Crippen molar-refractivity contribution in [1.82, 2.24) is 10.2 Å². The van der Waals surface area contributed by atoms with Crippen molar-refractivity contribution in [3.63, 3.8) is 0 Å². The summed E-state index contributed by atoms with van der Waals surface area (Å²) in [5.74, 6) is -0.356. The molecule has 1 fully saturated rings. The van der Waals surface area contributed by atoms with Gasteiger partial charge in [-0.15, -0.1) is 0 Å². The largest absolute Gasteiger partial charge is 0.392 e. The quantitative estimate of drug-likeness (QED) is 0.771. The van der Waals surface area contributed by atoms with E-state index in [4.69, 9.17) is 5.11 Å². The van der Waals surface area contributed by atoms with E-state index in [1.165, 1.54) is 4.90 Å². The average Bonchev–Trinajstić information content (AvgIpc) is 2.44. The Balaban J connectivity index is 2.10. The summed E-state index contributed by atoms with van der Waals surface area (Å²) in [4.78, 5) is 25.2. The second-order valence-electron chi connectivity index (χ2n) is 4.63. The second-order valence-corrected chi connectivity index (χ2v) is 4.63. The van der Waals surface area contributed by atoms with Gasteiger partial charge in [0, 0.05) is 0 Å². The molecular weight excluding hydrogens is 244 g/mol. The van der Waals surface area contributed by atoms with Crippen LogP contribution >= 0.6 is 0 Å². The molecular formula is C14H18N2O3. The molecule has 102 valence electrons. The molecule has 1 aliphatic rings. The molecule has 1 saturated heterocycles. The molecule has 0 aromatic heterocycles. The van der Waals surface area contributed by atoms with Crippen LogP contribution in [0.3, 0.4) is 0 Å². The minimum Gasteiger partial charge on any atom is -0.392 e. The van der Waals surface area contributed by atoms with Crippen molar-refractivity contribution in [2.75, 3.05) is 6.54 Å². The number of benzene rings is 1. The number of carbonyl (C=O) groups is 2. The van der Waals surface area contributed by atoms with Gasteiger partial charge in [0.15, 0.2) is 0 Å². The van der Waals surface area contributed by atoms with Gasteiger partial charge in [-0.2, -0.15) is 0 Å². The van der Waals surface area contributed by atoms with Crippen LogP contribution in [-0.4, -0.2) is 34.4 Å². The SMILES string of the molecule is CCC1NCC(=O)N(Cc2ccc(CO)cc2)C1=O. The van der Waals surface area contributed by atoms with Crippen LogP contribution in [0.4, 0.5) is 0 Å².